The monoisotopic (exact) mass is 292 g/mol. The lowest BCUT2D eigenvalue weighted by Gasteiger charge is -2.11. The van der Waals surface area contributed by atoms with Crippen molar-refractivity contribution in [3.05, 3.63) is 23.8 Å². The summed E-state index contributed by atoms with van der Waals surface area (Å²) in [5.74, 6) is -0.584. The molecule has 1 rings (SSSR count). The summed E-state index contributed by atoms with van der Waals surface area (Å²) in [5.41, 5.74) is 6.60. The minimum absolute atomic E-state index is 0.114. The van der Waals surface area contributed by atoms with Crippen LogP contribution in [-0.4, -0.2) is 39.0 Å². The fourth-order valence-electron chi connectivity index (χ4n) is 1.41. The van der Waals surface area contributed by atoms with Gasteiger partial charge in [0.25, 0.3) is 0 Å². The quantitative estimate of drug-likeness (QED) is 0.477. The molecule has 0 fully saturated rings. The van der Waals surface area contributed by atoms with Crippen LogP contribution in [0.1, 0.15) is 10.4 Å². The van der Waals surface area contributed by atoms with Crippen LogP contribution in [0.15, 0.2) is 18.2 Å². The molecule has 0 amide bonds. The molecule has 0 aromatic heterocycles. The smallest absolute Gasteiger partial charge is 0.411 e. The first-order chi connectivity index (χ1) is 9.33. The Morgan fingerprint density at radius 1 is 1.40 bits per heavy atom. The molecule has 1 aromatic rings. The Hall–Kier alpha value is -1.96. The number of rotatable bonds is 6. The first-order valence-electron chi connectivity index (χ1n) is 5.69. The number of benzene rings is 1. The average Bonchev–Trinajstić information content (AvgIpc) is 2.38. The highest BCUT2D eigenvalue weighted by Crippen LogP contribution is 2.18. The third-order valence-corrected chi connectivity index (χ3v) is 2.30. The van der Waals surface area contributed by atoms with Gasteiger partial charge in [0.15, 0.2) is 0 Å². The first-order valence-corrected chi connectivity index (χ1v) is 5.69. The summed E-state index contributed by atoms with van der Waals surface area (Å²) in [4.78, 5) is 11.4. The lowest BCUT2D eigenvalue weighted by molar-refractivity contribution is -0.172. The summed E-state index contributed by atoms with van der Waals surface area (Å²) >= 11 is 0. The zero-order valence-electron chi connectivity index (χ0n) is 10.8. The maximum absolute atomic E-state index is 11.8. The number of nitrogens with one attached hydrogen (secondary N) is 1. The Labute approximate surface area is 113 Å². The Morgan fingerprint density at radius 2 is 2.10 bits per heavy atom. The number of hydrogen-bond donors (Lipinski definition) is 2. The number of alkyl halides is 3. The standard InChI is InChI=1S/C12H15F3N2O3/c1-19-11(18)9-6-8(2-3-10(9)16)17-4-5-20-7-12(13,14)15/h2-3,6,17H,4-5,7,16H2,1H3. The minimum Gasteiger partial charge on any atom is -0.465 e. The van der Waals surface area contributed by atoms with Crippen molar-refractivity contribution in [2.24, 2.45) is 0 Å². The summed E-state index contributed by atoms with van der Waals surface area (Å²) in [5, 5.41) is 2.82. The van der Waals surface area contributed by atoms with Crippen molar-refractivity contribution in [2.75, 3.05) is 37.9 Å². The number of nitrogen functional groups attached to an aromatic ring is 1. The number of methoxy groups -OCH3 is 1. The Bertz CT molecular complexity index is 464. The van der Waals surface area contributed by atoms with E-state index in [0.29, 0.717) is 5.69 Å². The molecule has 0 aliphatic heterocycles. The van der Waals surface area contributed by atoms with Crippen LogP contribution in [0.4, 0.5) is 24.5 Å². The van der Waals surface area contributed by atoms with E-state index < -0.39 is 18.8 Å². The van der Waals surface area contributed by atoms with Crippen molar-refractivity contribution in [1.29, 1.82) is 0 Å². The molecule has 0 aliphatic carbocycles. The van der Waals surface area contributed by atoms with E-state index in [0.717, 1.165) is 0 Å². The molecular weight excluding hydrogens is 277 g/mol. The van der Waals surface area contributed by atoms with Crippen LogP contribution in [0.5, 0.6) is 0 Å². The molecule has 0 bridgehead atoms. The van der Waals surface area contributed by atoms with Gasteiger partial charge in [-0.15, -0.1) is 0 Å². The number of ether oxygens (including phenoxy) is 2. The van der Waals surface area contributed by atoms with Crippen molar-refractivity contribution < 1.29 is 27.4 Å². The summed E-state index contributed by atoms with van der Waals surface area (Å²) in [6.07, 6.45) is -4.33. The van der Waals surface area contributed by atoms with Gasteiger partial charge in [-0.2, -0.15) is 13.2 Å². The van der Waals surface area contributed by atoms with Gasteiger partial charge in [-0.05, 0) is 18.2 Å². The predicted molar refractivity (Wildman–Crippen MR) is 67.6 cm³/mol. The van der Waals surface area contributed by atoms with Crippen molar-refractivity contribution in [3.8, 4) is 0 Å². The van der Waals surface area contributed by atoms with Crippen LogP contribution in [0, 0.1) is 0 Å². The van der Waals surface area contributed by atoms with Gasteiger partial charge >= 0.3 is 12.1 Å². The molecule has 0 spiro atoms. The minimum atomic E-state index is -4.33. The number of anilines is 2. The fourth-order valence-corrected chi connectivity index (χ4v) is 1.41. The zero-order valence-corrected chi connectivity index (χ0v) is 10.8. The summed E-state index contributed by atoms with van der Waals surface area (Å²) < 4.78 is 44.5. The van der Waals surface area contributed by atoms with E-state index in [-0.39, 0.29) is 24.4 Å². The number of carbonyl (C=O) groups excluding carboxylic acids is 1. The van der Waals surface area contributed by atoms with Gasteiger partial charge in [-0.3, -0.25) is 0 Å². The molecule has 20 heavy (non-hydrogen) atoms. The van der Waals surface area contributed by atoms with Gasteiger partial charge in [0, 0.05) is 17.9 Å². The van der Waals surface area contributed by atoms with E-state index in [4.69, 9.17) is 5.73 Å². The normalized spacial score (nSPS) is 11.2. The van der Waals surface area contributed by atoms with Crippen molar-refractivity contribution in [1.82, 2.24) is 0 Å². The van der Waals surface area contributed by atoms with E-state index in [1.165, 1.54) is 19.2 Å². The highest BCUT2D eigenvalue weighted by atomic mass is 19.4. The molecule has 0 heterocycles. The number of nitrogens with two attached hydrogens (primary N) is 1. The van der Waals surface area contributed by atoms with Gasteiger partial charge < -0.3 is 20.5 Å². The topological polar surface area (TPSA) is 73.6 Å². The Balaban J connectivity index is 2.47. The Morgan fingerprint density at radius 3 is 2.70 bits per heavy atom. The van der Waals surface area contributed by atoms with Gasteiger partial charge in [0.2, 0.25) is 0 Å². The molecule has 0 unspecified atom stereocenters. The molecular formula is C12H15F3N2O3. The molecule has 3 N–H and O–H groups in total. The number of halogens is 3. The van der Waals surface area contributed by atoms with Crippen molar-refractivity contribution in [2.45, 2.75) is 6.18 Å². The third kappa shape index (κ3) is 5.35. The molecule has 0 saturated heterocycles. The van der Waals surface area contributed by atoms with Gasteiger partial charge in [0.05, 0.1) is 19.3 Å². The fraction of sp³-hybridized carbons (Fsp3) is 0.417. The number of hydrogen-bond acceptors (Lipinski definition) is 5. The molecule has 0 radical (unpaired) electrons. The lowest BCUT2D eigenvalue weighted by atomic mass is 10.1. The van der Waals surface area contributed by atoms with Gasteiger partial charge in [-0.25, -0.2) is 4.79 Å². The highest BCUT2D eigenvalue weighted by molar-refractivity contribution is 5.96. The van der Waals surface area contributed by atoms with Crippen LogP contribution in [0.2, 0.25) is 0 Å². The van der Waals surface area contributed by atoms with Crippen LogP contribution >= 0.6 is 0 Å². The SMILES string of the molecule is COC(=O)c1cc(NCCOCC(F)(F)F)ccc1N. The molecule has 8 heteroatoms. The predicted octanol–water partition coefficient (Wildman–Crippen LogP) is 2.05. The lowest BCUT2D eigenvalue weighted by Crippen LogP contribution is -2.20. The molecule has 5 nitrogen and oxygen atoms in total. The van der Waals surface area contributed by atoms with E-state index >= 15 is 0 Å². The summed E-state index contributed by atoms with van der Waals surface area (Å²) in [6.45, 7) is -1.23. The molecule has 0 atom stereocenters. The number of carbonyl (C=O) groups is 1. The zero-order chi connectivity index (χ0) is 15.2. The molecule has 1 aromatic carbocycles. The van der Waals surface area contributed by atoms with Crippen LogP contribution in [0.25, 0.3) is 0 Å². The Kier molecular flexibility index (Phi) is 5.63. The van der Waals surface area contributed by atoms with Crippen molar-refractivity contribution >= 4 is 17.3 Å². The largest absolute Gasteiger partial charge is 0.465 e. The van der Waals surface area contributed by atoms with Crippen LogP contribution < -0.4 is 11.1 Å². The van der Waals surface area contributed by atoms with Gasteiger partial charge in [0.1, 0.15) is 6.61 Å². The van der Waals surface area contributed by atoms with E-state index in [9.17, 15) is 18.0 Å². The van der Waals surface area contributed by atoms with Crippen molar-refractivity contribution in [3.63, 3.8) is 0 Å². The summed E-state index contributed by atoms with van der Waals surface area (Å²) in [6, 6.07) is 4.57. The van der Waals surface area contributed by atoms with E-state index in [1.54, 1.807) is 6.07 Å². The number of esters is 1. The maximum atomic E-state index is 11.8. The van der Waals surface area contributed by atoms with E-state index in [1.807, 2.05) is 0 Å². The second-order valence-corrected chi connectivity index (χ2v) is 3.89. The molecule has 0 aliphatic rings. The van der Waals surface area contributed by atoms with E-state index in [2.05, 4.69) is 14.8 Å². The second kappa shape index (κ2) is 6.99. The molecule has 112 valence electrons. The summed E-state index contributed by atoms with van der Waals surface area (Å²) in [7, 11) is 1.23. The first kappa shape index (κ1) is 16.1. The third-order valence-electron chi connectivity index (χ3n) is 2.30. The highest BCUT2D eigenvalue weighted by Gasteiger charge is 2.27. The second-order valence-electron chi connectivity index (χ2n) is 3.89. The molecule has 0 saturated carbocycles. The van der Waals surface area contributed by atoms with Crippen LogP contribution in [0.3, 0.4) is 0 Å². The average molecular weight is 292 g/mol. The van der Waals surface area contributed by atoms with Crippen LogP contribution in [-0.2, 0) is 9.47 Å². The maximum Gasteiger partial charge on any atom is 0.411 e. The van der Waals surface area contributed by atoms with Gasteiger partial charge in [-0.1, -0.05) is 0 Å².